The molecule has 4 aromatic rings. The number of hydrogen-bond donors (Lipinski definition) is 2. The number of aromatic nitrogens is 6. The average Bonchev–Trinajstić information content (AvgIpc) is 3.43. The Bertz CT molecular complexity index is 1490. The van der Waals surface area contributed by atoms with E-state index in [2.05, 4.69) is 30.1 Å². The van der Waals surface area contributed by atoms with Crippen LogP contribution in [0.25, 0.3) is 17.3 Å². The first-order valence-electron chi connectivity index (χ1n) is 11.1. The van der Waals surface area contributed by atoms with Crippen LogP contribution >= 0.6 is 0 Å². The lowest BCUT2D eigenvalue weighted by Crippen LogP contribution is -2.33. The minimum Gasteiger partial charge on any atom is -0.494 e. The first-order valence-corrected chi connectivity index (χ1v) is 12.7. The van der Waals surface area contributed by atoms with Crippen LogP contribution in [0.15, 0.2) is 48.5 Å². The highest BCUT2D eigenvalue weighted by Crippen LogP contribution is 2.39. The Morgan fingerprint density at radius 1 is 1.06 bits per heavy atom. The summed E-state index contributed by atoms with van der Waals surface area (Å²) in [5.74, 6) is 0.364. The first-order chi connectivity index (χ1) is 17.4. The van der Waals surface area contributed by atoms with Gasteiger partial charge in [-0.1, -0.05) is 36.4 Å². The molecule has 12 nitrogen and oxygen atoms in total. The normalized spacial score (nSPS) is 13.4. The van der Waals surface area contributed by atoms with Crippen LogP contribution in [0, 0.1) is 0 Å². The molecule has 0 unspecified atom stereocenters. The molecule has 13 heteroatoms. The summed E-state index contributed by atoms with van der Waals surface area (Å²) in [6.07, 6.45) is 1.99. The maximum Gasteiger partial charge on any atom is 0.303 e. The van der Waals surface area contributed by atoms with Gasteiger partial charge in [-0.25, -0.2) is 18.1 Å². The molecule has 0 aliphatic heterocycles. The molecule has 2 N–H and O–H groups in total. The van der Waals surface area contributed by atoms with Crippen LogP contribution in [-0.2, 0) is 15.8 Å². The molecule has 1 saturated carbocycles. The minimum absolute atomic E-state index is 0.141. The van der Waals surface area contributed by atoms with E-state index in [0.717, 1.165) is 12.8 Å². The summed E-state index contributed by atoms with van der Waals surface area (Å²) in [6, 6.07) is 13.6. The van der Waals surface area contributed by atoms with Crippen molar-refractivity contribution < 1.29 is 22.7 Å². The number of methoxy groups -OCH3 is 2. The minimum atomic E-state index is -4.05. The molecule has 2 aromatic heterocycles. The fourth-order valence-electron chi connectivity index (χ4n) is 3.76. The Hall–Kier alpha value is -4.26. The molecule has 0 atom stereocenters. The number of amides is 1. The summed E-state index contributed by atoms with van der Waals surface area (Å²) in [5.41, 5.74) is 0.832. The third-order valence-corrected chi connectivity index (χ3v) is 6.81. The van der Waals surface area contributed by atoms with Gasteiger partial charge in [0.25, 0.3) is 0 Å². The van der Waals surface area contributed by atoms with Crippen LogP contribution in [0.2, 0.25) is 0 Å². The van der Waals surface area contributed by atoms with Crippen molar-refractivity contribution >= 4 is 15.9 Å². The standard InChI is InChI=1S/C23H23N7O5S/c1-34-16-9-6-10-17(35-2)18(16)30-21(20-24-19(25-26-20)15-11-12-15)27-28-22(30)23(31)29-36(32,33)13-14-7-4-3-5-8-14/h3-10,15H,11-13H2,1-2H3,(H,29,31)(H,24,25,26). The number of H-pyrrole nitrogens is 1. The van der Waals surface area contributed by atoms with Crippen LogP contribution < -0.4 is 14.2 Å². The topological polar surface area (TPSA) is 154 Å². The zero-order chi connectivity index (χ0) is 25.3. The van der Waals surface area contributed by atoms with Crippen molar-refractivity contribution in [3.63, 3.8) is 0 Å². The number of rotatable bonds is 9. The van der Waals surface area contributed by atoms with Crippen molar-refractivity contribution in [1.29, 1.82) is 0 Å². The highest BCUT2D eigenvalue weighted by Gasteiger charge is 2.32. The molecule has 1 amide bonds. The molecular weight excluding hydrogens is 486 g/mol. The van der Waals surface area contributed by atoms with Crippen molar-refractivity contribution in [3.05, 3.63) is 65.7 Å². The Kier molecular flexibility index (Phi) is 6.14. The van der Waals surface area contributed by atoms with Crippen molar-refractivity contribution in [1.82, 2.24) is 34.7 Å². The maximum atomic E-state index is 13.3. The number of benzene rings is 2. The number of carbonyl (C=O) groups excluding carboxylic acids is 1. The van der Waals surface area contributed by atoms with Gasteiger partial charge in [0.05, 0.1) is 20.0 Å². The van der Waals surface area contributed by atoms with Crippen LogP contribution in [-0.4, -0.2) is 58.5 Å². The van der Waals surface area contributed by atoms with Crippen molar-refractivity contribution in [2.24, 2.45) is 0 Å². The van der Waals surface area contributed by atoms with Gasteiger partial charge >= 0.3 is 5.91 Å². The predicted octanol–water partition coefficient (Wildman–Crippen LogP) is 2.21. The lowest BCUT2D eigenvalue weighted by atomic mass is 10.2. The largest absolute Gasteiger partial charge is 0.494 e. The molecule has 36 heavy (non-hydrogen) atoms. The fraction of sp³-hybridized carbons (Fsp3) is 0.261. The molecule has 186 valence electrons. The van der Waals surface area contributed by atoms with Gasteiger partial charge < -0.3 is 9.47 Å². The number of ether oxygens (including phenoxy) is 2. The van der Waals surface area contributed by atoms with Gasteiger partial charge in [-0.05, 0) is 30.5 Å². The second-order valence-electron chi connectivity index (χ2n) is 8.19. The number of aromatic amines is 1. The molecule has 1 fully saturated rings. The van der Waals surface area contributed by atoms with Crippen LogP contribution in [0.5, 0.6) is 11.5 Å². The lowest BCUT2D eigenvalue weighted by Gasteiger charge is -2.16. The van der Waals surface area contributed by atoms with E-state index >= 15 is 0 Å². The van der Waals surface area contributed by atoms with Gasteiger partial charge in [0.15, 0.2) is 11.6 Å². The summed E-state index contributed by atoms with van der Waals surface area (Å²) in [5, 5.41) is 15.3. The van der Waals surface area contributed by atoms with E-state index in [1.807, 2.05) is 0 Å². The van der Waals surface area contributed by atoms with E-state index in [1.54, 1.807) is 48.5 Å². The van der Waals surface area contributed by atoms with Crippen LogP contribution in [0.1, 0.15) is 40.8 Å². The highest BCUT2D eigenvalue weighted by molar-refractivity contribution is 7.89. The zero-order valence-electron chi connectivity index (χ0n) is 19.5. The molecule has 5 rings (SSSR count). The van der Waals surface area contributed by atoms with E-state index in [-0.39, 0.29) is 29.1 Å². The van der Waals surface area contributed by atoms with E-state index in [1.165, 1.54) is 18.8 Å². The van der Waals surface area contributed by atoms with Crippen LogP contribution in [0.3, 0.4) is 0 Å². The Morgan fingerprint density at radius 3 is 2.39 bits per heavy atom. The van der Waals surface area contributed by atoms with Crippen molar-refractivity contribution in [2.45, 2.75) is 24.5 Å². The first kappa shape index (κ1) is 23.5. The molecular formula is C23H23N7O5S. The van der Waals surface area contributed by atoms with E-state index in [4.69, 9.17) is 9.47 Å². The van der Waals surface area contributed by atoms with Gasteiger partial charge in [-0.3, -0.25) is 14.5 Å². The van der Waals surface area contributed by atoms with Crippen molar-refractivity contribution in [3.8, 4) is 28.8 Å². The summed E-state index contributed by atoms with van der Waals surface area (Å²) >= 11 is 0. The Labute approximate surface area is 206 Å². The number of nitrogens with one attached hydrogen (secondary N) is 2. The number of para-hydroxylation sites is 1. The summed E-state index contributed by atoms with van der Waals surface area (Å²) in [7, 11) is -1.12. The van der Waals surface area contributed by atoms with Gasteiger partial charge in [0.2, 0.25) is 21.7 Å². The van der Waals surface area contributed by atoms with E-state index in [0.29, 0.717) is 28.6 Å². The Balaban J connectivity index is 1.59. The summed E-state index contributed by atoms with van der Waals surface area (Å²) in [4.78, 5) is 17.8. The van der Waals surface area contributed by atoms with Crippen LogP contribution in [0.4, 0.5) is 0 Å². The van der Waals surface area contributed by atoms with Gasteiger partial charge in [0, 0.05) is 5.92 Å². The molecule has 0 spiro atoms. The lowest BCUT2D eigenvalue weighted by molar-refractivity contribution is 0.0969. The average molecular weight is 510 g/mol. The molecule has 2 aromatic carbocycles. The maximum absolute atomic E-state index is 13.3. The summed E-state index contributed by atoms with van der Waals surface area (Å²) in [6.45, 7) is 0. The highest BCUT2D eigenvalue weighted by atomic mass is 32.2. The zero-order valence-corrected chi connectivity index (χ0v) is 20.3. The predicted molar refractivity (Wildman–Crippen MR) is 128 cm³/mol. The van der Waals surface area contributed by atoms with E-state index < -0.39 is 15.9 Å². The number of sulfonamides is 1. The molecule has 2 heterocycles. The number of nitrogens with zero attached hydrogens (tertiary/aromatic N) is 5. The van der Waals surface area contributed by atoms with Gasteiger partial charge in [-0.2, -0.15) is 5.10 Å². The van der Waals surface area contributed by atoms with Gasteiger partial charge in [-0.15, -0.1) is 10.2 Å². The molecule has 0 saturated heterocycles. The second-order valence-corrected chi connectivity index (χ2v) is 9.91. The quantitative estimate of drug-likeness (QED) is 0.345. The Morgan fingerprint density at radius 2 is 1.75 bits per heavy atom. The number of hydrogen-bond acceptors (Lipinski definition) is 9. The molecule has 0 bridgehead atoms. The third-order valence-electron chi connectivity index (χ3n) is 5.60. The van der Waals surface area contributed by atoms with Crippen molar-refractivity contribution in [2.75, 3.05) is 14.2 Å². The third kappa shape index (κ3) is 4.64. The second kappa shape index (κ2) is 9.41. The molecule has 0 radical (unpaired) electrons. The monoisotopic (exact) mass is 509 g/mol. The van der Waals surface area contributed by atoms with E-state index in [9.17, 15) is 13.2 Å². The van der Waals surface area contributed by atoms with Gasteiger partial charge in [0.1, 0.15) is 17.2 Å². The number of carbonyl (C=O) groups is 1. The smallest absolute Gasteiger partial charge is 0.303 e. The SMILES string of the molecule is COc1cccc(OC)c1-n1c(C(=O)NS(=O)(=O)Cc2ccccc2)nnc1-c1nc(C2CC2)n[nH]1. The fourth-order valence-corrected chi connectivity index (χ4v) is 4.84. The summed E-state index contributed by atoms with van der Waals surface area (Å²) < 4.78 is 40.0. The molecule has 1 aliphatic rings. The molecule has 1 aliphatic carbocycles.